The fraction of sp³-hybridized carbons (Fsp3) is 0.370. The predicted molar refractivity (Wildman–Crippen MR) is 121 cm³/mol. The third-order valence-electron chi connectivity index (χ3n) is 7.82. The van der Waals surface area contributed by atoms with Crippen LogP contribution in [0.25, 0.3) is 0 Å². The average Bonchev–Trinajstić information content (AvgIpc) is 3.57. The fourth-order valence-corrected chi connectivity index (χ4v) is 6.41. The van der Waals surface area contributed by atoms with Crippen LogP contribution in [-0.4, -0.2) is 29.3 Å². The Kier molecular flexibility index (Phi) is 4.19. The largest absolute Gasteiger partial charge is 0.290 e. The summed E-state index contributed by atoms with van der Waals surface area (Å²) in [6.45, 7) is 3.92. The molecule has 2 saturated carbocycles. The number of rotatable bonds is 4. The maximum Gasteiger partial charge on any atom is 0.259 e. The Morgan fingerprint density at radius 2 is 1.47 bits per heavy atom. The van der Waals surface area contributed by atoms with Crippen LogP contribution in [0.3, 0.4) is 0 Å². The molecule has 162 valence electrons. The number of hydrogen-bond donors (Lipinski definition) is 0. The van der Waals surface area contributed by atoms with Gasteiger partial charge in [0.1, 0.15) is 6.67 Å². The SMILES string of the molecule is Cc1cc(C)cc(N(CN2C(=O)[C@@H]3[C@@H]4C=C[C@H]([C@H]5C[C@@H]45)[C@@H]3C2=O)C(=O)c2ccccc2)c1. The molecular weight excluding hydrogens is 400 g/mol. The van der Waals surface area contributed by atoms with Crippen LogP contribution in [0, 0.1) is 49.4 Å². The van der Waals surface area contributed by atoms with E-state index in [2.05, 4.69) is 12.2 Å². The van der Waals surface area contributed by atoms with E-state index in [1.165, 1.54) is 4.90 Å². The number of allylic oxidation sites excluding steroid dienone is 2. The van der Waals surface area contributed by atoms with Crippen LogP contribution in [-0.2, 0) is 9.59 Å². The van der Waals surface area contributed by atoms with Crippen molar-refractivity contribution in [2.45, 2.75) is 20.3 Å². The molecule has 5 aliphatic rings. The highest BCUT2D eigenvalue weighted by atomic mass is 16.2. The number of hydrogen-bond acceptors (Lipinski definition) is 3. The zero-order chi connectivity index (χ0) is 22.1. The number of carbonyl (C=O) groups excluding carboxylic acids is 3. The standard InChI is InChI=1S/C27H26N2O3/c1-15-10-16(2)12-18(11-15)28(25(30)17-6-4-3-5-7-17)14-29-26(31)23-19-8-9-20(22-13-21(19)22)24(23)27(29)32/h3-12,19-24H,13-14H2,1-2H3/t19-,20-,21-,22+,23+,24-/m1/s1. The minimum Gasteiger partial charge on any atom is -0.290 e. The Labute approximate surface area is 187 Å². The first kappa shape index (κ1) is 19.5. The molecule has 5 heteroatoms. The van der Waals surface area contributed by atoms with Gasteiger partial charge in [-0.1, -0.05) is 36.4 Å². The van der Waals surface area contributed by atoms with Gasteiger partial charge in [0.25, 0.3) is 5.91 Å². The van der Waals surface area contributed by atoms with E-state index in [-0.39, 0.29) is 48.1 Å². The Balaban J connectivity index is 1.36. The van der Waals surface area contributed by atoms with Crippen molar-refractivity contribution in [2.24, 2.45) is 35.5 Å². The normalized spacial score (nSPS) is 31.5. The Hall–Kier alpha value is -3.21. The van der Waals surface area contributed by atoms with Gasteiger partial charge in [-0.15, -0.1) is 0 Å². The number of benzene rings is 2. The molecule has 7 rings (SSSR count). The lowest BCUT2D eigenvalue weighted by Crippen LogP contribution is -2.45. The van der Waals surface area contributed by atoms with Crippen molar-refractivity contribution in [1.82, 2.24) is 4.90 Å². The molecule has 6 atom stereocenters. The van der Waals surface area contributed by atoms with Crippen molar-refractivity contribution in [3.05, 3.63) is 77.4 Å². The van der Waals surface area contributed by atoms with E-state index in [9.17, 15) is 14.4 Å². The number of carbonyl (C=O) groups is 3. The molecule has 0 aromatic heterocycles. The Morgan fingerprint density at radius 3 is 2.03 bits per heavy atom. The summed E-state index contributed by atoms with van der Waals surface area (Å²) >= 11 is 0. The summed E-state index contributed by atoms with van der Waals surface area (Å²) in [5.41, 5.74) is 3.30. The smallest absolute Gasteiger partial charge is 0.259 e. The second-order valence-electron chi connectivity index (χ2n) is 9.85. The Morgan fingerprint density at radius 1 is 0.906 bits per heavy atom. The summed E-state index contributed by atoms with van der Waals surface area (Å²) in [6, 6.07) is 15.0. The molecule has 32 heavy (non-hydrogen) atoms. The highest BCUT2D eigenvalue weighted by Gasteiger charge is 2.67. The molecular formula is C27H26N2O3. The van der Waals surface area contributed by atoms with Gasteiger partial charge in [0.2, 0.25) is 11.8 Å². The van der Waals surface area contributed by atoms with Gasteiger partial charge >= 0.3 is 0 Å². The molecule has 4 aliphatic carbocycles. The van der Waals surface area contributed by atoms with Gasteiger partial charge in [0.05, 0.1) is 11.8 Å². The maximum absolute atomic E-state index is 13.5. The lowest BCUT2D eigenvalue weighted by Gasteiger charge is -2.37. The van der Waals surface area contributed by atoms with Crippen molar-refractivity contribution in [3.8, 4) is 0 Å². The quantitative estimate of drug-likeness (QED) is 0.549. The monoisotopic (exact) mass is 426 g/mol. The second kappa shape index (κ2) is 6.89. The molecule has 5 nitrogen and oxygen atoms in total. The molecule has 2 bridgehead atoms. The lowest BCUT2D eigenvalue weighted by molar-refractivity contribution is -0.140. The lowest BCUT2D eigenvalue weighted by atomic mass is 9.63. The fourth-order valence-electron chi connectivity index (χ4n) is 6.41. The topological polar surface area (TPSA) is 57.7 Å². The molecule has 3 fully saturated rings. The van der Waals surface area contributed by atoms with Crippen LogP contribution in [0.4, 0.5) is 5.69 Å². The molecule has 0 N–H and O–H groups in total. The molecule has 0 unspecified atom stereocenters. The van der Waals surface area contributed by atoms with Crippen LogP contribution in [0.1, 0.15) is 27.9 Å². The van der Waals surface area contributed by atoms with Crippen LogP contribution < -0.4 is 4.90 Å². The number of nitrogens with zero attached hydrogens (tertiary/aromatic N) is 2. The minimum atomic E-state index is -0.255. The number of amides is 3. The first-order chi connectivity index (χ1) is 15.4. The van der Waals surface area contributed by atoms with Crippen molar-refractivity contribution < 1.29 is 14.4 Å². The van der Waals surface area contributed by atoms with E-state index >= 15 is 0 Å². The van der Waals surface area contributed by atoms with Gasteiger partial charge < -0.3 is 0 Å². The van der Waals surface area contributed by atoms with Gasteiger partial charge in [0.15, 0.2) is 0 Å². The first-order valence-electron chi connectivity index (χ1n) is 11.4. The van der Waals surface area contributed by atoms with E-state index in [4.69, 9.17) is 0 Å². The van der Waals surface area contributed by atoms with Crippen LogP contribution >= 0.6 is 0 Å². The second-order valence-corrected chi connectivity index (χ2v) is 9.85. The van der Waals surface area contributed by atoms with E-state index in [0.29, 0.717) is 23.1 Å². The zero-order valence-corrected chi connectivity index (χ0v) is 18.3. The summed E-state index contributed by atoms with van der Waals surface area (Å²) in [5, 5.41) is 0. The van der Waals surface area contributed by atoms with Gasteiger partial charge in [0, 0.05) is 11.3 Å². The number of imide groups is 1. The average molecular weight is 427 g/mol. The van der Waals surface area contributed by atoms with Gasteiger partial charge in [-0.25, -0.2) is 0 Å². The molecule has 2 aromatic carbocycles. The Bertz CT molecular complexity index is 1110. The van der Waals surface area contributed by atoms with Crippen molar-refractivity contribution in [3.63, 3.8) is 0 Å². The number of anilines is 1. The predicted octanol–water partition coefficient (Wildman–Crippen LogP) is 3.96. The highest BCUT2D eigenvalue weighted by Crippen LogP contribution is 2.65. The van der Waals surface area contributed by atoms with Crippen LogP contribution in [0.5, 0.6) is 0 Å². The maximum atomic E-state index is 13.5. The van der Waals surface area contributed by atoms with Crippen molar-refractivity contribution >= 4 is 23.4 Å². The summed E-state index contributed by atoms with van der Waals surface area (Å²) in [4.78, 5) is 43.5. The first-order valence-corrected chi connectivity index (χ1v) is 11.4. The van der Waals surface area contributed by atoms with Gasteiger partial charge in [-0.3, -0.25) is 24.2 Å². The summed E-state index contributed by atoms with van der Waals surface area (Å²) in [6.07, 6.45) is 5.48. The van der Waals surface area contributed by atoms with Gasteiger partial charge in [-0.05, 0) is 79.3 Å². The third-order valence-corrected chi connectivity index (χ3v) is 7.82. The summed E-state index contributed by atoms with van der Waals surface area (Å²) in [5.74, 6) is 0.527. The molecule has 1 aliphatic heterocycles. The molecule has 1 saturated heterocycles. The van der Waals surface area contributed by atoms with Crippen molar-refractivity contribution in [2.75, 3.05) is 11.6 Å². The third kappa shape index (κ3) is 2.80. The highest BCUT2D eigenvalue weighted by molar-refractivity contribution is 6.10. The van der Waals surface area contributed by atoms with E-state index in [1.54, 1.807) is 17.0 Å². The molecule has 1 heterocycles. The minimum absolute atomic E-state index is 0.0456. The molecule has 0 radical (unpaired) electrons. The van der Waals surface area contributed by atoms with Crippen LogP contribution in [0.15, 0.2) is 60.7 Å². The summed E-state index contributed by atoms with van der Waals surface area (Å²) in [7, 11) is 0. The van der Waals surface area contributed by atoms with Gasteiger partial charge in [-0.2, -0.15) is 0 Å². The van der Waals surface area contributed by atoms with Crippen LogP contribution in [0.2, 0.25) is 0 Å². The number of likely N-dealkylation sites (tertiary alicyclic amines) is 1. The molecule has 3 amide bonds. The number of aryl methyl sites for hydroxylation is 2. The molecule has 0 spiro atoms. The van der Waals surface area contributed by atoms with Crippen molar-refractivity contribution in [1.29, 1.82) is 0 Å². The van der Waals surface area contributed by atoms with E-state index in [1.807, 2.05) is 50.2 Å². The molecule has 2 aromatic rings. The van der Waals surface area contributed by atoms with E-state index in [0.717, 1.165) is 17.5 Å². The van der Waals surface area contributed by atoms with E-state index < -0.39 is 0 Å². The zero-order valence-electron chi connectivity index (χ0n) is 18.3. The summed E-state index contributed by atoms with van der Waals surface area (Å²) < 4.78 is 0.